The molecular weight excluding hydrogens is 308 g/mol. The molecule has 1 saturated heterocycles. The van der Waals surface area contributed by atoms with Crippen molar-refractivity contribution < 1.29 is 14.1 Å². The predicted molar refractivity (Wildman–Crippen MR) is 86.8 cm³/mol. The molecule has 0 atom stereocenters. The van der Waals surface area contributed by atoms with E-state index in [1.54, 1.807) is 6.92 Å². The third-order valence-corrected chi connectivity index (χ3v) is 5.12. The predicted octanol–water partition coefficient (Wildman–Crippen LogP) is 1.81. The molecule has 0 aromatic carbocycles. The summed E-state index contributed by atoms with van der Waals surface area (Å²) >= 11 is 0. The molecule has 1 aliphatic carbocycles. The average molecular weight is 334 g/mol. The first-order valence-corrected chi connectivity index (χ1v) is 8.99. The summed E-state index contributed by atoms with van der Waals surface area (Å²) in [5, 5.41) is 6.55. The third-order valence-electron chi connectivity index (χ3n) is 5.12. The molecule has 7 heteroatoms. The Kier molecular flexibility index (Phi) is 5.48. The van der Waals surface area contributed by atoms with Gasteiger partial charge in [-0.25, -0.2) is 0 Å². The molecule has 0 bridgehead atoms. The van der Waals surface area contributed by atoms with Gasteiger partial charge in [-0.3, -0.25) is 9.59 Å². The molecule has 1 aromatic heterocycles. The highest BCUT2D eigenvalue weighted by Crippen LogP contribution is 2.27. The zero-order chi connectivity index (χ0) is 16.9. The van der Waals surface area contributed by atoms with Crippen LogP contribution in [-0.2, 0) is 16.1 Å². The highest BCUT2D eigenvalue weighted by atomic mass is 16.5. The topological polar surface area (TPSA) is 88.3 Å². The number of nitrogens with one attached hydrogen (secondary N) is 1. The van der Waals surface area contributed by atoms with Gasteiger partial charge in [0.05, 0.1) is 6.54 Å². The lowest BCUT2D eigenvalue weighted by atomic mass is 9.87. The van der Waals surface area contributed by atoms with Crippen molar-refractivity contribution >= 4 is 11.8 Å². The van der Waals surface area contributed by atoms with Crippen molar-refractivity contribution in [3.63, 3.8) is 0 Å². The van der Waals surface area contributed by atoms with Gasteiger partial charge < -0.3 is 14.7 Å². The fraction of sp³-hybridized carbons (Fsp3) is 0.765. The third kappa shape index (κ3) is 4.13. The van der Waals surface area contributed by atoms with Gasteiger partial charge in [-0.15, -0.1) is 0 Å². The maximum Gasteiger partial charge on any atom is 0.246 e. The minimum absolute atomic E-state index is 0.00983. The van der Waals surface area contributed by atoms with Crippen LogP contribution in [0.25, 0.3) is 0 Å². The van der Waals surface area contributed by atoms with Crippen molar-refractivity contribution in [2.75, 3.05) is 13.1 Å². The second-order valence-electron chi connectivity index (χ2n) is 6.89. The number of piperidine rings is 1. The molecule has 1 saturated carbocycles. The average Bonchev–Trinajstić information content (AvgIpc) is 3.05. The van der Waals surface area contributed by atoms with E-state index in [0.717, 1.165) is 25.7 Å². The zero-order valence-electron chi connectivity index (χ0n) is 14.3. The van der Waals surface area contributed by atoms with Crippen LogP contribution in [-0.4, -0.2) is 39.9 Å². The molecule has 24 heavy (non-hydrogen) atoms. The number of hydrogen-bond acceptors (Lipinski definition) is 5. The minimum Gasteiger partial charge on any atom is -0.347 e. The summed E-state index contributed by atoms with van der Waals surface area (Å²) in [6, 6.07) is 0. The first kappa shape index (κ1) is 16.9. The Hall–Kier alpha value is -1.92. The van der Waals surface area contributed by atoms with Gasteiger partial charge in [0.1, 0.15) is 0 Å². The number of hydrogen-bond donors (Lipinski definition) is 1. The quantitative estimate of drug-likeness (QED) is 0.907. The van der Waals surface area contributed by atoms with Crippen LogP contribution in [0.3, 0.4) is 0 Å². The summed E-state index contributed by atoms with van der Waals surface area (Å²) in [4.78, 5) is 30.8. The largest absolute Gasteiger partial charge is 0.347 e. The van der Waals surface area contributed by atoms with Gasteiger partial charge in [0.15, 0.2) is 5.82 Å². The summed E-state index contributed by atoms with van der Waals surface area (Å²) in [7, 11) is 0. The molecule has 0 unspecified atom stereocenters. The molecule has 1 aliphatic heterocycles. The Morgan fingerprint density at radius 3 is 2.46 bits per heavy atom. The number of amides is 2. The standard InChI is InChI=1S/C17H26N4O3/c1-12-19-15(24-20-12)11-18-16(22)13-7-9-21(10-8-13)17(23)14-5-3-2-4-6-14/h13-14H,2-11H2,1H3,(H,18,22). The van der Waals surface area contributed by atoms with E-state index in [0.29, 0.717) is 30.7 Å². The summed E-state index contributed by atoms with van der Waals surface area (Å²) < 4.78 is 4.99. The van der Waals surface area contributed by atoms with E-state index in [2.05, 4.69) is 15.5 Å². The maximum absolute atomic E-state index is 12.5. The lowest BCUT2D eigenvalue weighted by Crippen LogP contribution is -2.45. The molecule has 3 rings (SSSR count). The monoisotopic (exact) mass is 334 g/mol. The van der Waals surface area contributed by atoms with Crippen LogP contribution < -0.4 is 5.32 Å². The zero-order valence-corrected chi connectivity index (χ0v) is 14.3. The van der Waals surface area contributed by atoms with Crippen LogP contribution in [0.15, 0.2) is 4.52 Å². The molecular formula is C17H26N4O3. The molecule has 1 aromatic rings. The fourth-order valence-corrected chi connectivity index (χ4v) is 3.69. The molecule has 0 radical (unpaired) electrons. The van der Waals surface area contributed by atoms with Gasteiger partial charge in [-0.2, -0.15) is 4.98 Å². The number of rotatable bonds is 4. The van der Waals surface area contributed by atoms with Gasteiger partial charge in [0.2, 0.25) is 17.7 Å². The number of carbonyl (C=O) groups is 2. The highest BCUT2D eigenvalue weighted by Gasteiger charge is 2.31. The van der Waals surface area contributed by atoms with Crippen molar-refractivity contribution in [1.29, 1.82) is 0 Å². The number of likely N-dealkylation sites (tertiary alicyclic amines) is 1. The van der Waals surface area contributed by atoms with Gasteiger partial charge in [-0.05, 0) is 32.6 Å². The van der Waals surface area contributed by atoms with E-state index in [9.17, 15) is 9.59 Å². The van der Waals surface area contributed by atoms with Gasteiger partial charge in [-0.1, -0.05) is 24.4 Å². The summed E-state index contributed by atoms with van der Waals surface area (Å²) in [6.45, 7) is 3.38. The van der Waals surface area contributed by atoms with Crippen molar-refractivity contribution in [3.8, 4) is 0 Å². The summed E-state index contributed by atoms with van der Waals surface area (Å²) in [5.74, 6) is 1.47. The Labute approximate surface area is 142 Å². The molecule has 2 amide bonds. The lowest BCUT2D eigenvalue weighted by molar-refractivity contribution is -0.140. The Morgan fingerprint density at radius 1 is 1.12 bits per heavy atom. The van der Waals surface area contributed by atoms with Crippen LogP contribution in [0, 0.1) is 18.8 Å². The van der Waals surface area contributed by atoms with Crippen LogP contribution in [0.5, 0.6) is 0 Å². The second kappa shape index (κ2) is 7.77. The molecule has 132 valence electrons. The van der Waals surface area contributed by atoms with E-state index in [1.807, 2.05) is 4.90 Å². The Morgan fingerprint density at radius 2 is 1.83 bits per heavy atom. The van der Waals surface area contributed by atoms with Crippen LogP contribution in [0.2, 0.25) is 0 Å². The van der Waals surface area contributed by atoms with Crippen molar-refractivity contribution in [1.82, 2.24) is 20.4 Å². The molecule has 2 aliphatic rings. The maximum atomic E-state index is 12.5. The van der Waals surface area contributed by atoms with Crippen molar-refractivity contribution in [2.24, 2.45) is 11.8 Å². The smallest absolute Gasteiger partial charge is 0.246 e. The van der Waals surface area contributed by atoms with Crippen molar-refractivity contribution in [2.45, 2.75) is 58.4 Å². The van der Waals surface area contributed by atoms with E-state index < -0.39 is 0 Å². The first-order chi connectivity index (χ1) is 11.6. The normalized spacial score (nSPS) is 20.1. The lowest BCUT2D eigenvalue weighted by Gasteiger charge is -2.34. The van der Waals surface area contributed by atoms with Crippen LogP contribution >= 0.6 is 0 Å². The number of nitrogens with zero attached hydrogens (tertiary/aromatic N) is 3. The Balaban J connectivity index is 1.42. The van der Waals surface area contributed by atoms with E-state index in [1.165, 1.54) is 19.3 Å². The molecule has 7 nitrogen and oxygen atoms in total. The summed E-state index contributed by atoms with van der Waals surface area (Å²) in [6.07, 6.45) is 7.12. The summed E-state index contributed by atoms with van der Waals surface area (Å²) in [5.41, 5.74) is 0. The molecule has 2 fully saturated rings. The first-order valence-electron chi connectivity index (χ1n) is 8.99. The number of aromatic nitrogens is 2. The van der Waals surface area contributed by atoms with E-state index in [-0.39, 0.29) is 24.3 Å². The molecule has 1 N–H and O–H groups in total. The SMILES string of the molecule is Cc1noc(CNC(=O)C2CCN(C(=O)C3CCCCC3)CC2)n1. The number of carbonyl (C=O) groups excluding carboxylic acids is 2. The Bertz CT molecular complexity index is 572. The molecule has 0 spiro atoms. The minimum atomic E-state index is -0.0376. The van der Waals surface area contributed by atoms with Crippen LogP contribution in [0.4, 0.5) is 0 Å². The van der Waals surface area contributed by atoms with Gasteiger partial charge in [0.25, 0.3) is 0 Å². The van der Waals surface area contributed by atoms with Gasteiger partial charge >= 0.3 is 0 Å². The van der Waals surface area contributed by atoms with Crippen LogP contribution in [0.1, 0.15) is 56.7 Å². The second-order valence-corrected chi connectivity index (χ2v) is 6.89. The van der Waals surface area contributed by atoms with E-state index >= 15 is 0 Å². The van der Waals surface area contributed by atoms with E-state index in [4.69, 9.17) is 4.52 Å². The highest BCUT2D eigenvalue weighted by molar-refractivity contribution is 5.81. The van der Waals surface area contributed by atoms with Gasteiger partial charge in [0, 0.05) is 24.9 Å². The number of aryl methyl sites for hydroxylation is 1. The fourth-order valence-electron chi connectivity index (χ4n) is 3.69. The van der Waals surface area contributed by atoms with Crippen molar-refractivity contribution in [3.05, 3.63) is 11.7 Å². The molecule has 2 heterocycles.